The van der Waals surface area contributed by atoms with Crippen LogP contribution in [0.2, 0.25) is 0 Å². The largest absolute Gasteiger partial charge is 0.505 e. The van der Waals surface area contributed by atoms with Crippen molar-refractivity contribution >= 4 is 12.0 Å². The summed E-state index contributed by atoms with van der Waals surface area (Å²) in [5.74, 6) is -1.57. The Labute approximate surface area is 194 Å². The van der Waals surface area contributed by atoms with Crippen molar-refractivity contribution in [2.24, 2.45) is 0 Å². The van der Waals surface area contributed by atoms with E-state index in [1.165, 1.54) is 17.7 Å². The first-order valence-corrected chi connectivity index (χ1v) is 11.1. The highest BCUT2D eigenvalue weighted by Gasteiger charge is 2.31. The fraction of sp³-hybridized carbons (Fsp3) is 0.440. The number of hydrogen-bond acceptors (Lipinski definition) is 5. The van der Waals surface area contributed by atoms with Crippen LogP contribution in [0.25, 0.3) is 0 Å². The van der Waals surface area contributed by atoms with Crippen LogP contribution in [-0.4, -0.2) is 64.7 Å². The molecule has 0 bridgehead atoms. The van der Waals surface area contributed by atoms with Crippen LogP contribution in [0.4, 0.5) is 9.18 Å². The Morgan fingerprint density at radius 2 is 1.73 bits per heavy atom. The molecule has 2 N–H and O–H groups in total. The minimum absolute atomic E-state index is 0.0117. The fourth-order valence-electron chi connectivity index (χ4n) is 3.71. The maximum absolute atomic E-state index is 13.8. The highest BCUT2D eigenvalue weighted by Crippen LogP contribution is 2.19. The lowest BCUT2D eigenvalue weighted by Gasteiger charge is -2.36. The first-order valence-electron chi connectivity index (χ1n) is 11.1. The van der Waals surface area contributed by atoms with E-state index in [-0.39, 0.29) is 12.3 Å². The summed E-state index contributed by atoms with van der Waals surface area (Å²) in [5, 5.41) is 12.1. The van der Waals surface area contributed by atoms with Crippen LogP contribution in [0.5, 0.6) is 5.75 Å². The summed E-state index contributed by atoms with van der Waals surface area (Å²) in [6.45, 7) is 8.67. The molecular formula is C25H32FN3O4. The van der Waals surface area contributed by atoms with Crippen LogP contribution in [0.3, 0.4) is 0 Å². The number of nitrogens with one attached hydrogen (secondary N) is 1. The number of carbonyl (C=O) groups is 2. The first-order chi connectivity index (χ1) is 15.6. The number of piperazine rings is 1. The molecule has 1 atom stereocenters. The van der Waals surface area contributed by atoms with Crippen LogP contribution in [0.15, 0.2) is 48.5 Å². The van der Waals surface area contributed by atoms with Crippen LogP contribution >= 0.6 is 0 Å². The molecule has 1 fully saturated rings. The van der Waals surface area contributed by atoms with E-state index >= 15 is 0 Å². The number of hydrogen-bond donors (Lipinski definition) is 2. The Balaban J connectivity index is 1.66. The molecule has 7 nitrogen and oxygen atoms in total. The van der Waals surface area contributed by atoms with Gasteiger partial charge in [-0.15, -0.1) is 0 Å². The van der Waals surface area contributed by atoms with Crippen molar-refractivity contribution in [1.82, 2.24) is 15.1 Å². The molecule has 1 heterocycles. The summed E-state index contributed by atoms with van der Waals surface area (Å²) < 4.78 is 19.3. The number of carbonyl (C=O) groups excluding carboxylic acids is 2. The number of aromatic hydroxyl groups is 1. The second-order valence-corrected chi connectivity index (χ2v) is 9.35. The number of benzene rings is 2. The standard InChI is InChI=1S/C25H32FN3O4/c1-25(2,3)27-24(32)33-22(16-19-9-10-21(30)20(26)15-19)23(31)29-13-11-28(12-14-29)17-18-7-5-4-6-8-18/h4-10,15,22,30H,11-14,16-17H2,1-3H3,(H,27,32)/t22-/m0/s1. The zero-order valence-electron chi connectivity index (χ0n) is 19.4. The van der Waals surface area contributed by atoms with Crippen molar-refractivity contribution in [2.45, 2.75) is 45.4 Å². The Bertz CT molecular complexity index is 954. The van der Waals surface area contributed by atoms with E-state index in [2.05, 4.69) is 22.3 Å². The zero-order chi connectivity index (χ0) is 24.0. The molecule has 1 saturated heterocycles. The molecule has 0 saturated carbocycles. The number of alkyl carbamates (subject to hydrolysis) is 1. The molecule has 2 aromatic carbocycles. The minimum Gasteiger partial charge on any atom is -0.505 e. The van der Waals surface area contributed by atoms with E-state index in [0.717, 1.165) is 12.6 Å². The topological polar surface area (TPSA) is 82.1 Å². The van der Waals surface area contributed by atoms with Gasteiger partial charge in [0.05, 0.1) is 0 Å². The van der Waals surface area contributed by atoms with Gasteiger partial charge in [-0.25, -0.2) is 9.18 Å². The van der Waals surface area contributed by atoms with Gasteiger partial charge in [0.15, 0.2) is 17.7 Å². The number of rotatable bonds is 6. The molecule has 0 spiro atoms. The predicted octanol–water partition coefficient (Wildman–Crippen LogP) is 3.31. The van der Waals surface area contributed by atoms with Crippen LogP contribution in [-0.2, 0) is 22.5 Å². The van der Waals surface area contributed by atoms with Gasteiger partial charge in [-0.3, -0.25) is 9.69 Å². The summed E-state index contributed by atoms with van der Waals surface area (Å²) in [7, 11) is 0. The molecule has 33 heavy (non-hydrogen) atoms. The number of halogens is 1. The van der Waals surface area contributed by atoms with Gasteiger partial charge in [0.2, 0.25) is 0 Å². The number of phenols is 1. The first kappa shape index (κ1) is 24.5. The van der Waals surface area contributed by atoms with E-state index in [1.54, 1.807) is 4.90 Å². The summed E-state index contributed by atoms with van der Waals surface area (Å²) in [5.41, 5.74) is 1.14. The van der Waals surface area contributed by atoms with Gasteiger partial charge >= 0.3 is 6.09 Å². The highest BCUT2D eigenvalue weighted by atomic mass is 19.1. The number of nitrogens with zero attached hydrogens (tertiary/aromatic N) is 2. The molecular weight excluding hydrogens is 425 g/mol. The monoisotopic (exact) mass is 457 g/mol. The summed E-state index contributed by atoms with van der Waals surface area (Å²) in [4.78, 5) is 29.6. The summed E-state index contributed by atoms with van der Waals surface area (Å²) in [6, 6.07) is 14.0. The normalized spacial score (nSPS) is 15.7. The lowest BCUT2D eigenvalue weighted by atomic mass is 10.1. The Morgan fingerprint density at radius 3 is 2.33 bits per heavy atom. The second kappa shape index (κ2) is 10.7. The van der Waals surface area contributed by atoms with Crippen molar-refractivity contribution in [2.75, 3.05) is 26.2 Å². The van der Waals surface area contributed by atoms with Crippen LogP contribution < -0.4 is 5.32 Å². The van der Waals surface area contributed by atoms with Crippen molar-refractivity contribution in [3.63, 3.8) is 0 Å². The third-order valence-electron chi connectivity index (χ3n) is 5.37. The van der Waals surface area contributed by atoms with Crippen molar-refractivity contribution < 1.29 is 23.8 Å². The molecule has 2 aromatic rings. The summed E-state index contributed by atoms with van der Waals surface area (Å²) >= 11 is 0. The predicted molar refractivity (Wildman–Crippen MR) is 123 cm³/mol. The summed E-state index contributed by atoms with van der Waals surface area (Å²) in [6.07, 6.45) is -1.79. The van der Waals surface area contributed by atoms with E-state index in [1.807, 2.05) is 39.0 Å². The van der Waals surface area contributed by atoms with Crippen LogP contribution in [0, 0.1) is 5.82 Å². The van der Waals surface area contributed by atoms with E-state index in [9.17, 15) is 19.1 Å². The zero-order valence-corrected chi connectivity index (χ0v) is 19.4. The lowest BCUT2D eigenvalue weighted by Crippen LogP contribution is -2.53. The molecule has 178 valence electrons. The Hall–Kier alpha value is -3.13. The number of phenolic OH excluding ortho intramolecular Hbond substituents is 1. The maximum Gasteiger partial charge on any atom is 0.408 e. The molecule has 2 amide bonds. The quantitative estimate of drug-likeness (QED) is 0.696. The lowest BCUT2D eigenvalue weighted by molar-refractivity contribution is -0.142. The van der Waals surface area contributed by atoms with E-state index in [4.69, 9.17) is 4.74 Å². The minimum atomic E-state index is -1.10. The van der Waals surface area contributed by atoms with Gasteiger partial charge in [-0.2, -0.15) is 0 Å². The molecule has 0 aliphatic carbocycles. The molecule has 0 unspecified atom stereocenters. The van der Waals surface area contributed by atoms with Crippen molar-refractivity contribution in [1.29, 1.82) is 0 Å². The molecule has 3 rings (SSSR count). The van der Waals surface area contributed by atoms with Gasteiger partial charge in [0, 0.05) is 44.7 Å². The van der Waals surface area contributed by atoms with Gasteiger partial charge in [0.25, 0.3) is 5.91 Å². The van der Waals surface area contributed by atoms with Crippen molar-refractivity contribution in [3.8, 4) is 5.75 Å². The Morgan fingerprint density at radius 1 is 1.06 bits per heavy atom. The van der Waals surface area contributed by atoms with Gasteiger partial charge < -0.3 is 20.1 Å². The second-order valence-electron chi connectivity index (χ2n) is 9.35. The molecule has 1 aliphatic heterocycles. The van der Waals surface area contributed by atoms with Gasteiger partial charge in [0.1, 0.15) is 0 Å². The molecule has 8 heteroatoms. The maximum atomic E-state index is 13.8. The number of amides is 2. The van der Waals surface area contributed by atoms with Crippen molar-refractivity contribution in [3.05, 3.63) is 65.5 Å². The fourth-order valence-corrected chi connectivity index (χ4v) is 3.71. The SMILES string of the molecule is CC(C)(C)NC(=O)O[C@@H](Cc1ccc(O)c(F)c1)C(=O)N1CCN(Cc2ccccc2)CC1. The average molecular weight is 458 g/mol. The third-order valence-corrected chi connectivity index (χ3v) is 5.37. The average Bonchev–Trinajstić information content (AvgIpc) is 2.75. The molecule has 1 aliphatic rings. The molecule has 0 aromatic heterocycles. The van der Waals surface area contributed by atoms with Gasteiger partial charge in [-0.1, -0.05) is 36.4 Å². The van der Waals surface area contributed by atoms with E-state index < -0.39 is 29.3 Å². The van der Waals surface area contributed by atoms with E-state index in [0.29, 0.717) is 31.7 Å². The van der Waals surface area contributed by atoms with Gasteiger partial charge in [-0.05, 0) is 44.0 Å². The smallest absolute Gasteiger partial charge is 0.408 e. The third kappa shape index (κ3) is 7.46. The number of ether oxygens (including phenoxy) is 1. The van der Waals surface area contributed by atoms with Crippen LogP contribution in [0.1, 0.15) is 31.9 Å². The molecule has 0 radical (unpaired) electrons. The Kier molecular flexibility index (Phi) is 7.92. The highest BCUT2D eigenvalue weighted by molar-refractivity contribution is 5.84.